The van der Waals surface area contributed by atoms with Crippen LogP contribution < -0.4 is 5.32 Å². The van der Waals surface area contributed by atoms with Crippen LogP contribution in [0.4, 0.5) is 0 Å². The Balaban J connectivity index is 3.54. The van der Waals surface area contributed by atoms with Crippen molar-refractivity contribution in [3.8, 4) is 0 Å². The number of carbonyl (C=O) groups is 3. The SMILES string of the molecule is CCCCC(CC)C(=O)OCCOCCNC(=O)COCC(=O)O. The Labute approximate surface area is 142 Å². The van der Waals surface area contributed by atoms with Crippen molar-refractivity contribution in [3.05, 3.63) is 0 Å². The molecular weight excluding hydrogens is 318 g/mol. The summed E-state index contributed by atoms with van der Waals surface area (Å²) in [5.41, 5.74) is 0. The van der Waals surface area contributed by atoms with Crippen LogP contribution in [0.5, 0.6) is 0 Å². The molecule has 0 bridgehead atoms. The third-order valence-electron chi connectivity index (χ3n) is 3.23. The van der Waals surface area contributed by atoms with E-state index in [1.54, 1.807) is 0 Å². The second-order valence-electron chi connectivity index (χ2n) is 5.26. The van der Waals surface area contributed by atoms with Crippen molar-refractivity contribution in [1.82, 2.24) is 5.32 Å². The molecule has 0 saturated carbocycles. The number of esters is 1. The Morgan fingerprint density at radius 1 is 1.04 bits per heavy atom. The summed E-state index contributed by atoms with van der Waals surface area (Å²) in [6.45, 7) is 4.25. The number of nitrogens with one attached hydrogen (secondary N) is 1. The highest BCUT2D eigenvalue weighted by molar-refractivity contribution is 5.77. The summed E-state index contributed by atoms with van der Waals surface area (Å²) < 4.78 is 15.0. The van der Waals surface area contributed by atoms with Crippen molar-refractivity contribution < 1.29 is 33.7 Å². The van der Waals surface area contributed by atoms with E-state index in [0.717, 1.165) is 25.7 Å². The number of hydrogen-bond acceptors (Lipinski definition) is 6. The van der Waals surface area contributed by atoms with Gasteiger partial charge in [-0.25, -0.2) is 4.79 Å². The van der Waals surface area contributed by atoms with Gasteiger partial charge >= 0.3 is 11.9 Å². The molecule has 2 N–H and O–H groups in total. The summed E-state index contributed by atoms with van der Waals surface area (Å²) in [7, 11) is 0. The van der Waals surface area contributed by atoms with Crippen LogP contribution in [0.3, 0.4) is 0 Å². The fraction of sp³-hybridized carbons (Fsp3) is 0.812. The highest BCUT2D eigenvalue weighted by atomic mass is 16.6. The Morgan fingerprint density at radius 3 is 2.42 bits per heavy atom. The van der Waals surface area contributed by atoms with E-state index in [9.17, 15) is 14.4 Å². The third kappa shape index (κ3) is 12.8. The second kappa shape index (κ2) is 14.9. The molecule has 0 rings (SSSR count). The summed E-state index contributed by atoms with van der Waals surface area (Å²) in [4.78, 5) is 33.2. The van der Waals surface area contributed by atoms with Crippen LogP contribution in [0, 0.1) is 5.92 Å². The molecule has 0 aliphatic carbocycles. The lowest BCUT2D eigenvalue weighted by Crippen LogP contribution is -2.31. The number of rotatable bonds is 15. The molecule has 0 aromatic heterocycles. The van der Waals surface area contributed by atoms with Gasteiger partial charge in [0.1, 0.15) is 19.8 Å². The zero-order valence-electron chi connectivity index (χ0n) is 14.5. The van der Waals surface area contributed by atoms with Crippen molar-refractivity contribution in [3.63, 3.8) is 0 Å². The molecule has 140 valence electrons. The topological polar surface area (TPSA) is 111 Å². The lowest BCUT2D eigenvalue weighted by molar-refractivity contribution is -0.150. The first kappa shape index (κ1) is 22.3. The van der Waals surface area contributed by atoms with Crippen molar-refractivity contribution in [2.45, 2.75) is 39.5 Å². The van der Waals surface area contributed by atoms with E-state index >= 15 is 0 Å². The Morgan fingerprint density at radius 2 is 1.79 bits per heavy atom. The molecular formula is C16H29NO7. The highest BCUT2D eigenvalue weighted by Crippen LogP contribution is 2.14. The number of amides is 1. The van der Waals surface area contributed by atoms with Crippen molar-refractivity contribution in [2.24, 2.45) is 5.92 Å². The van der Waals surface area contributed by atoms with E-state index in [0.29, 0.717) is 0 Å². The predicted octanol–water partition coefficient (Wildman–Crippen LogP) is 0.980. The summed E-state index contributed by atoms with van der Waals surface area (Å²) in [6.07, 6.45) is 3.69. The summed E-state index contributed by atoms with van der Waals surface area (Å²) in [5.74, 6) is -1.76. The van der Waals surface area contributed by atoms with Gasteiger partial charge in [0.15, 0.2) is 0 Å². The lowest BCUT2D eigenvalue weighted by atomic mass is 10.00. The fourth-order valence-electron chi connectivity index (χ4n) is 1.90. The maximum absolute atomic E-state index is 11.8. The van der Waals surface area contributed by atoms with Crippen LogP contribution in [0.25, 0.3) is 0 Å². The first-order chi connectivity index (χ1) is 11.5. The molecule has 1 amide bonds. The number of carboxylic acids is 1. The molecule has 1 unspecified atom stereocenters. The zero-order chi connectivity index (χ0) is 18.2. The number of ether oxygens (including phenoxy) is 3. The molecule has 0 heterocycles. The first-order valence-corrected chi connectivity index (χ1v) is 8.31. The van der Waals surface area contributed by atoms with Crippen LogP contribution in [-0.4, -0.2) is 62.5 Å². The van der Waals surface area contributed by atoms with Crippen LogP contribution in [0.2, 0.25) is 0 Å². The minimum absolute atomic E-state index is 0.0463. The van der Waals surface area contributed by atoms with Gasteiger partial charge in [0.2, 0.25) is 5.91 Å². The minimum Gasteiger partial charge on any atom is -0.480 e. The average molecular weight is 347 g/mol. The van der Waals surface area contributed by atoms with Crippen LogP contribution >= 0.6 is 0 Å². The van der Waals surface area contributed by atoms with Gasteiger partial charge < -0.3 is 24.6 Å². The highest BCUT2D eigenvalue weighted by Gasteiger charge is 2.16. The molecule has 8 nitrogen and oxygen atoms in total. The molecule has 0 spiro atoms. The third-order valence-corrected chi connectivity index (χ3v) is 3.23. The molecule has 24 heavy (non-hydrogen) atoms. The maximum Gasteiger partial charge on any atom is 0.329 e. The Bertz CT molecular complexity index is 373. The minimum atomic E-state index is -1.12. The molecule has 1 atom stereocenters. The lowest BCUT2D eigenvalue weighted by Gasteiger charge is -2.13. The molecule has 0 radical (unpaired) electrons. The predicted molar refractivity (Wildman–Crippen MR) is 86.5 cm³/mol. The summed E-state index contributed by atoms with van der Waals surface area (Å²) in [5, 5.41) is 10.9. The van der Waals surface area contributed by atoms with Gasteiger partial charge in [-0.1, -0.05) is 26.7 Å². The number of aliphatic carboxylic acids is 1. The van der Waals surface area contributed by atoms with E-state index in [1.165, 1.54) is 0 Å². The standard InChI is InChI=1S/C16H29NO7/c1-3-5-6-13(4-2)16(21)24-10-9-22-8-7-17-14(18)11-23-12-15(19)20/h13H,3-12H2,1-2H3,(H,17,18)(H,19,20). The normalized spacial score (nSPS) is 11.8. The number of carboxylic acid groups (broad SMARTS) is 1. The quantitative estimate of drug-likeness (QED) is 0.335. The first-order valence-electron chi connectivity index (χ1n) is 8.31. The van der Waals surface area contributed by atoms with Gasteiger partial charge in [0.25, 0.3) is 0 Å². The average Bonchev–Trinajstić information content (AvgIpc) is 2.54. The van der Waals surface area contributed by atoms with Gasteiger partial charge in [0.05, 0.1) is 19.1 Å². The van der Waals surface area contributed by atoms with E-state index in [1.807, 2.05) is 6.92 Å². The van der Waals surface area contributed by atoms with Crippen molar-refractivity contribution in [2.75, 3.05) is 39.6 Å². The van der Waals surface area contributed by atoms with Crippen molar-refractivity contribution >= 4 is 17.8 Å². The van der Waals surface area contributed by atoms with Gasteiger partial charge in [-0.05, 0) is 12.8 Å². The molecule has 0 saturated heterocycles. The van der Waals surface area contributed by atoms with Gasteiger partial charge in [-0.15, -0.1) is 0 Å². The van der Waals surface area contributed by atoms with E-state index in [2.05, 4.69) is 17.0 Å². The number of carbonyl (C=O) groups excluding carboxylic acids is 2. The van der Waals surface area contributed by atoms with Gasteiger partial charge in [0, 0.05) is 6.54 Å². The maximum atomic E-state index is 11.8. The van der Waals surface area contributed by atoms with E-state index in [4.69, 9.17) is 14.6 Å². The van der Waals surface area contributed by atoms with E-state index < -0.39 is 18.5 Å². The van der Waals surface area contributed by atoms with Crippen molar-refractivity contribution in [1.29, 1.82) is 0 Å². The molecule has 0 aliphatic rings. The van der Waals surface area contributed by atoms with Crippen LogP contribution in [0.15, 0.2) is 0 Å². The summed E-state index contributed by atoms with van der Waals surface area (Å²) >= 11 is 0. The Kier molecular flexibility index (Phi) is 13.9. The molecule has 0 aliphatic heterocycles. The molecule has 0 aromatic rings. The van der Waals surface area contributed by atoms with Crippen LogP contribution in [-0.2, 0) is 28.6 Å². The fourth-order valence-corrected chi connectivity index (χ4v) is 1.90. The number of unbranched alkanes of at least 4 members (excludes halogenated alkanes) is 1. The second-order valence-corrected chi connectivity index (χ2v) is 5.26. The zero-order valence-corrected chi connectivity index (χ0v) is 14.5. The Hall–Kier alpha value is -1.67. The van der Waals surface area contributed by atoms with Gasteiger partial charge in [-0.2, -0.15) is 0 Å². The monoisotopic (exact) mass is 347 g/mol. The number of hydrogen-bond donors (Lipinski definition) is 2. The van der Waals surface area contributed by atoms with Gasteiger partial charge in [-0.3, -0.25) is 9.59 Å². The molecule has 8 heteroatoms. The van der Waals surface area contributed by atoms with Crippen LogP contribution in [0.1, 0.15) is 39.5 Å². The summed E-state index contributed by atoms with van der Waals surface area (Å²) in [6, 6.07) is 0. The largest absolute Gasteiger partial charge is 0.480 e. The molecule has 0 fully saturated rings. The van der Waals surface area contributed by atoms with E-state index in [-0.39, 0.29) is 44.9 Å². The smallest absolute Gasteiger partial charge is 0.329 e. The molecule has 0 aromatic carbocycles.